The molecular formula is C15H20N4O. The Balaban J connectivity index is 1.73. The number of carbonyl (C=O) groups is 1. The fourth-order valence-electron chi connectivity index (χ4n) is 3.06. The lowest BCUT2D eigenvalue weighted by Crippen LogP contribution is -2.44. The molecule has 0 bridgehead atoms. The van der Waals surface area contributed by atoms with Gasteiger partial charge in [0.15, 0.2) is 0 Å². The highest BCUT2D eigenvalue weighted by Crippen LogP contribution is 2.27. The van der Waals surface area contributed by atoms with Crippen LogP contribution >= 0.6 is 0 Å². The van der Waals surface area contributed by atoms with Gasteiger partial charge in [-0.05, 0) is 30.9 Å². The zero-order valence-electron chi connectivity index (χ0n) is 11.4. The molecular weight excluding hydrogens is 252 g/mol. The van der Waals surface area contributed by atoms with Gasteiger partial charge in [-0.25, -0.2) is 0 Å². The summed E-state index contributed by atoms with van der Waals surface area (Å²) < 4.78 is 0. The SMILES string of the molecule is NCC(NC(=O)c1ccc2cn[nH]c2c1)C1CCCC1. The van der Waals surface area contributed by atoms with Crippen molar-refractivity contribution in [1.82, 2.24) is 15.5 Å². The van der Waals surface area contributed by atoms with E-state index in [2.05, 4.69) is 15.5 Å². The maximum Gasteiger partial charge on any atom is 0.251 e. The second kappa shape index (κ2) is 5.63. The van der Waals surface area contributed by atoms with Crippen LogP contribution in [0.15, 0.2) is 24.4 Å². The predicted molar refractivity (Wildman–Crippen MR) is 78.4 cm³/mol. The van der Waals surface area contributed by atoms with Crippen molar-refractivity contribution >= 4 is 16.8 Å². The molecule has 106 valence electrons. The molecule has 0 spiro atoms. The van der Waals surface area contributed by atoms with Gasteiger partial charge in [0.2, 0.25) is 0 Å². The highest BCUT2D eigenvalue weighted by atomic mass is 16.1. The van der Waals surface area contributed by atoms with Gasteiger partial charge < -0.3 is 11.1 Å². The van der Waals surface area contributed by atoms with Crippen LogP contribution < -0.4 is 11.1 Å². The fraction of sp³-hybridized carbons (Fsp3) is 0.467. The lowest BCUT2D eigenvalue weighted by atomic mass is 9.98. The molecule has 0 saturated heterocycles. The van der Waals surface area contributed by atoms with Crippen molar-refractivity contribution < 1.29 is 4.79 Å². The topological polar surface area (TPSA) is 83.8 Å². The van der Waals surface area contributed by atoms with Crippen LogP contribution in [0.1, 0.15) is 36.0 Å². The quantitative estimate of drug-likeness (QED) is 0.793. The van der Waals surface area contributed by atoms with E-state index in [1.165, 1.54) is 25.7 Å². The molecule has 1 atom stereocenters. The van der Waals surface area contributed by atoms with Crippen LogP contribution in [0.3, 0.4) is 0 Å². The van der Waals surface area contributed by atoms with Gasteiger partial charge in [0.1, 0.15) is 0 Å². The lowest BCUT2D eigenvalue weighted by molar-refractivity contribution is 0.0924. The number of benzene rings is 1. The molecule has 2 aromatic rings. The normalized spacial score (nSPS) is 17.4. The second-order valence-corrected chi connectivity index (χ2v) is 5.53. The van der Waals surface area contributed by atoms with E-state index >= 15 is 0 Å². The van der Waals surface area contributed by atoms with Crippen molar-refractivity contribution in [3.8, 4) is 0 Å². The van der Waals surface area contributed by atoms with E-state index < -0.39 is 0 Å². The highest BCUT2D eigenvalue weighted by molar-refractivity contribution is 5.97. The number of H-pyrrole nitrogens is 1. The van der Waals surface area contributed by atoms with Crippen molar-refractivity contribution in [2.24, 2.45) is 11.7 Å². The molecule has 5 nitrogen and oxygen atoms in total. The summed E-state index contributed by atoms with van der Waals surface area (Å²) in [6.45, 7) is 0.503. The Bertz CT molecular complexity index is 601. The Hall–Kier alpha value is -1.88. The summed E-state index contributed by atoms with van der Waals surface area (Å²) in [6.07, 6.45) is 6.58. The molecule has 20 heavy (non-hydrogen) atoms. The highest BCUT2D eigenvalue weighted by Gasteiger charge is 2.25. The minimum absolute atomic E-state index is 0.0520. The Morgan fingerprint density at radius 3 is 3.00 bits per heavy atom. The first kappa shape index (κ1) is 13.1. The second-order valence-electron chi connectivity index (χ2n) is 5.53. The Morgan fingerprint density at radius 2 is 2.25 bits per heavy atom. The van der Waals surface area contributed by atoms with E-state index in [1.54, 1.807) is 6.20 Å². The molecule has 1 unspecified atom stereocenters. The van der Waals surface area contributed by atoms with Gasteiger partial charge in [0, 0.05) is 23.5 Å². The molecule has 4 N–H and O–H groups in total. The molecule has 1 aromatic heterocycles. The first-order valence-corrected chi connectivity index (χ1v) is 7.22. The fourth-order valence-corrected chi connectivity index (χ4v) is 3.06. The summed E-state index contributed by atoms with van der Waals surface area (Å²) in [7, 11) is 0. The van der Waals surface area contributed by atoms with Crippen molar-refractivity contribution in [1.29, 1.82) is 0 Å². The van der Waals surface area contributed by atoms with Gasteiger partial charge in [-0.3, -0.25) is 9.89 Å². The van der Waals surface area contributed by atoms with Crippen molar-refractivity contribution in [3.63, 3.8) is 0 Å². The Kier molecular flexibility index (Phi) is 3.69. The number of nitrogens with zero attached hydrogens (tertiary/aromatic N) is 1. The maximum absolute atomic E-state index is 12.3. The summed E-state index contributed by atoms with van der Waals surface area (Å²) in [4.78, 5) is 12.3. The minimum atomic E-state index is -0.0520. The summed E-state index contributed by atoms with van der Waals surface area (Å²) >= 11 is 0. The van der Waals surface area contributed by atoms with E-state index in [0.717, 1.165) is 10.9 Å². The Labute approximate surface area is 117 Å². The number of carbonyl (C=O) groups excluding carboxylic acids is 1. The average Bonchev–Trinajstić information content (AvgIpc) is 3.14. The van der Waals surface area contributed by atoms with Crippen LogP contribution in [0.25, 0.3) is 10.9 Å². The summed E-state index contributed by atoms with van der Waals surface area (Å²) in [5.74, 6) is 0.476. The molecule has 1 aliphatic carbocycles. The maximum atomic E-state index is 12.3. The number of aromatic nitrogens is 2. The minimum Gasteiger partial charge on any atom is -0.348 e. The number of aromatic amines is 1. The Morgan fingerprint density at radius 1 is 1.45 bits per heavy atom. The molecule has 0 radical (unpaired) electrons. The van der Waals surface area contributed by atoms with Gasteiger partial charge >= 0.3 is 0 Å². The van der Waals surface area contributed by atoms with E-state index in [4.69, 9.17) is 5.73 Å². The van der Waals surface area contributed by atoms with E-state index in [-0.39, 0.29) is 11.9 Å². The smallest absolute Gasteiger partial charge is 0.251 e. The molecule has 0 aliphatic heterocycles. The number of hydrogen-bond donors (Lipinski definition) is 3. The zero-order valence-corrected chi connectivity index (χ0v) is 11.4. The number of nitrogens with one attached hydrogen (secondary N) is 2. The van der Waals surface area contributed by atoms with Crippen LogP contribution in [0.5, 0.6) is 0 Å². The van der Waals surface area contributed by atoms with Crippen molar-refractivity contribution in [3.05, 3.63) is 30.0 Å². The largest absolute Gasteiger partial charge is 0.348 e. The number of amides is 1. The monoisotopic (exact) mass is 272 g/mol. The first-order valence-electron chi connectivity index (χ1n) is 7.22. The van der Waals surface area contributed by atoms with Crippen LogP contribution in [0.2, 0.25) is 0 Å². The summed E-state index contributed by atoms with van der Waals surface area (Å²) in [5.41, 5.74) is 7.35. The first-order chi connectivity index (χ1) is 9.78. The number of rotatable bonds is 4. The molecule has 1 fully saturated rings. The summed E-state index contributed by atoms with van der Waals surface area (Å²) in [5, 5.41) is 10.9. The van der Waals surface area contributed by atoms with Crippen LogP contribution in [0.4, 0.5) is 0 Å². The van der Waals surface area contributed by atoms with Crippen LogP contribution in [0, 0.1) is 5.92 Å². The number of nitrogens with two attached hydrogens (primary N) is 1. The molecule has 1 aliphatic rings. The average molecular weight is 272 g/mol. The molecule has 1 aromatic carbocycles. The van der Waals surface area contributed by atoms with Gasteiger partial charge in [0.05, 0.1) is 11.7 Å². The molecule has 1 heterocycles. The van der Waals surface area contributed by atoms with E-state index in [1.807, 2.05) is 18.2 Å². The molecule has 1 saturated carbocycles. The van der Waals surface area contributed by atoms with Gasteiger partial charge in [-0.2, -0.15) is 5.10 Å². The third-order valence-electron chi connectivity index (χ3n) is 4.24. The molecule has 1 amide bonds. The standard InChI is InChI=1S/C15H20N4O/c16-8-14(10-3-1-2-4-10)18-15(20)11-5-6-12-9-17-19-13(12)7-11/h5-7,9-10,14H,1-4,8,16H2,(H,17,19)(H,18,20). The van der Waals surface area contributed by atoms with Crippen LogP contribution in [-0.4, -0.2) is 28.7 Å². The van der Waals surface area contributed by atoms with Gasteiger partial charge in [-0.15, -0.1) is 0 Å². The predicted octanol–water partition coefficient (Wildman–Crippen LogP) is 1.81. The third-order valence-corrected chi connectivity index (χ3v) is 4.24. The number of hydrogen-bond acceptors (Lipinski definition) is 3. The lowest BCUT2D eigenvalue weighted by Gasteiger charge is -2.23. The van der Waals surface area contributed by atoms with Gasteiger partial charge in [0.25, 0.3) is 5.91 Å². The van der Waals surface area contributed by atoms with Crippen molar-refractivity contribution in [2.75, 3.05) is 6.54 Å². The van der Waals surface area contributed by atoms with Crippen LogP contribution in [-0.2, 0) is 0 Å². The van der Waals surface area contributed by atoms with Crippen molar-refractivity contribution in [2.45, 2.75) is 31.7 Å². The number of fused-ring (bicyclic) bond motifs is 1. The summed E-state index contributed by atoms with van der Waals surface area (Å²) in [6, 6.07) is 5.65. The molecule has 5 heteroatoms. The van der Waals surface area contributed by atoms with Gasteiger partial charge in [-0.1, -0.05) is 18.9 Å². The van der Waals surface area contributed by atoms with E-state index in [9.17, 15) is 4.79 Å². The molecule has 3 rings (SSSR count). The van der Waals surface area contributed by atoms with E-state index in [0.29, 0.717) is 18.0 Å². The zero-order chi connectivity index (χ0) is 13.9. The third kappa shape index (κ3) is 2.54.